The number of alkyl carbamates (subject to hydrolysis) is 1. The molecule has 10 nitrogen and oxygen atoms in total. The fourth-order valence-corrected chi connectivity index (χ4v) is 4.69. The van der Waals surface area contributed by atoms with Gasteiger partial charge in [0.1, 0.15) is 17.7 Å². The Hall–Kier alpha value is -2.79. The second-order valence-corrected chi connectivity index (χ2v) is 11.3. The van der Waals surface area contributed by atoms with Crippen LogP contribution < -0.4 is 16.4 Å². The van der Waals surface area contributed by atoms with Crippen LogP contribution in [0.5, 0.6) is 0 Å². The molecule has 1 saturated heterocycles. The maximum atomic E-state index is 13.8. The molecule has 3 unspecified atom stereocenters. The van der Waals surface area contributed by atoms with E-state index < -0.39 is 78.0 Å². The Bertz CT molecular complexity index is 867. The number of carbonyl (C=O) groups is 5. The zero-order chi connectivity index (χ0) is 30.0. The first kappa shape index (κ1) is 34.2. The average Bonchev–Trinajstić information content (AvgIpc) is 3.31. The number of Topliss-reactive ketones (excluding diaryl/α,β-unsaturated/α-hetero) is 1. The largest absolute Gasteiger partial charge is 0.444 e. The Labute approximate surface area is 230 Å². The molecule has 12 heteroatoms. The van der Waals surface area contributed by atoms with Crippen LogP contribution in [0.2, 0.25) is 0 Å². The lowest BCUT2D eigenvalue weighted by molar-refractivity contribution is -0.143. The molecule has 1 heterocycles. The van der Waals surface area contributed by atoms with Gasteiger partial charge < -0.3 is 26.0 Å². The summed E-state index contributed by atoms with van der Waals surface area (Å²) in [7, 11) is 0. The number of halogens is 2. The molecule has 2 rings (SSSR count). The molecule has 2 aliphatic rings. The van der Waals surface area contributed by atoms with Gasteiger partial charge in [-0.25, -0.2) is 13.6 Å². The van der Waals surface area contributed by atoms with Crippen molar-refractivity contribution in [3.63, 3.8) is 0 Å². The molecule has 0 bridgehead atoms. The summed E-state index contributed by atoms with van der Waals surface area (Å²) in [6, 6.07) is -3.19. The molecular formula is C27H46F2N4O6. The average molecular weight is 561 g/mol. The van der Waals surface area contributed by atoms with Crippen molar-refractivity contribution in [1.29, 1.82) is 0 Å². The summed E-state index contributed by atoms with van der Waals surface area (Å²) in [4.78, 5) is 64.0. The second kappa shape index (κ2) is 15.1. The SMILES string of the molecule is CCC.CCCC(NC(=O)C1CCCN1C(=O)C(NC(=O)OC(C)(C)C)C1CCC(F)(F)CC1)C(=O)C(N)=O. The van der Waals surface area contributed by atoms with Gasteiger partial charge in [-0.3, -0.25) is 19.2 Å². The van der Waals surface area contributed by atoms with Crippen LogP contribution in [-0.4, -0.2) is 70.7 Å². The third-order valence-electron chi connectivity index (χ3n) is 6.46. The third-order valence-corrected chi connectivity index (χ3v) is 6.46. The van der Waals surface area contributed by atoms with Crippen molar-refractivity contribution in [2.24, 2.45) is 11.7 Å². The lowest BCUT2D eigenvalue weighted by Crippen LogP contribution is -2.58. The number of likely N-dealkylation sites (tertiary alicyclic amines) is 1. The molecule has 0 radical (unpaired) electrons. The fraction of sp³-hybridized carbons (Fsp3) is 0.815. The number of nitrogens with zero attached hydrogens (tertiary/aromatic N) is 1. The van der Waals surface area contributed by atoms with E-state index >= 15 is 0 Å². The maximum Gasteiger partial charge on any atom is 0.408 e. The first-order chi connectivity index (χ1) is 18.1. The first-order valence-electron chi connectivity index (χ1n) is 13.9. The molecule has 1 aliphatic carbocycles. The van der Waals surface area contributed by atoms with Crippen LogP contribution in [-0.2, 0) is 23.9 Å². The number of hydrogen-bond acceptors (Lipinski definition) is 6. The van der Waals surface area contributed by atoms with E-state index in [1.165, 1.54) is 11.3 Å². The summed E-state index contributed by atoms with van der Waals surface area (Å²) < 4.78 is 32.8. The Kier molecular flexibility index (Phi) is 13.3. The summed E-state index contributed by atoms with van der Waals surface area (Å²) in [6.07, 6.45) is 1.14. The van der Waals surface area contributed by atoms with Crippen LogP contribution in [0.1, 0.15) is 99.3 Å². The van der Waals surface area contributed by atoms with E-state index in [1.807, 2.05) is 0 Å². The van der Waals surface area contributed by atoms with Crippen LogP contribution in [0, 0.1) is 5.92 Å². The quantitative estimate of drug-likeness (QED) is 0.368. The predicted molar refractivity (Wildman–Crippen MR) is 142 cm³/mol. The lowest BCUT2D eigenvalue weighted by Gasteiger charge is -2.36. The fourth-order valence-electron chi connectivity index (χ4n) is 4.69. The molecule has 1 aliphatic heterocycles. The number of nitrogens with one attached hydrogen (secondary N) is 2. The normalized spacial score (nSPS) is 20.6. The summed E-state index contributed by atoms with van der Waals surface area (Å²) in [5.41, 5.74) is 4.25. The van der Waals surface area contributed by atoms with Gasteiger partial charge in [0.25, 0.3) is 5.91 Å². The highest BCUT2D eigenvalue weighted by molar-refractivity contribution is 6.37. The highest BCUT2D eigenvalue weighted by atomic mass is 19.3. The smallest absolute Gasteiger partial charge is 0.408 e. The molecule has 0 aromatic rings. The van der Waals surface area contributed by atoms with Gasteiger partial charge in [-0.05, 0) is 58.8 Å². The standard InChI is InChI=1S/C24H38F2N4O6.C3H8/c1-5-7-15(18(31)19(27)32)28-20(33)16-8-6-13-30(16)21(34)17(29-22(35)36-23(2,3)4)14-9-11-24(25,26)12-10-14;1-3-2/h14-17H,5-13H2,1-4H3,(H2,27,32)(H,28,33)(H,29,35);3H2,1-2H3. The third kappa shape index (κ3) is 11.1. The number of amides is 4. The molecule has 4 amide bonds. The van der Waals surface area contributed by atoms with Crippen LogP contribution in [0.15, 0.2) is 0 Å². The highest BCUT2D eigenvalue weighted by Gasteiger charge is 2.45. The predicted octanol–water partition coefficient (Wildman–Crippen LogP) is 3.45. The van der Waals surface area contributed by atoms with E-state index in [0.29, 0.717) is 19.3 Å². The monoisotopic (exact) mass is 560 g/mol. The van der Waals surface area contributed by atoms with Crippen molar-refractivity contribution < 1.29 is 37.5 Å². The summed E-state index contributed by atoms with van der Waals surface area (Å²) in [5, 5.41) is 5.09. The number of alkyl halides is 2. The molecule has 3 atom stereocenters. The van der Waals surface area contributed by atoms with E-state index in [1.54, 1.807) is 27.7 Å². The van der Waals surface area contributed by atoms with E-state index in [9.17, 15) is 32.8 Å². The number of rotatable bonds is 9. The molecule has 39 heavy (non-hydrogen) atoms. The Morgan fingerprint density at radius 2 is 1.59 bits per heavy atom. The molecule has 0 aromatic heterocycles. The lowest BCUT2D eigenvalue weighted by atomic mass is 9.81. The van der Waals surface area contributed by atoms with Gasteiger partial charge in [-0.1, -0.05) is 33.6 Å². The molecule has 2 fully saturated rings. The van der Waals surface area contributed by atoms with Gasteiger partial charge in [0.2, 0.25) is 23.5 Å². The summed E-state index contributed by atoms with van der Waals surface area (Å²) >= 11 is 0. The van der Waals surface area contributed by atoms with Crippen LogP contribution in [0.4, 0.5) is 13.6 Å². The van der Waals surface area contributed by atoms with Gasteiger partial charge >= 0.3 is 6.09 Å². The van der Waals surface area contributed by atoms with E-state index in [-0.39, 0.29) is 25.8 Å². The zero-order valence-corrected chi connectivity index (χ0v) is 24.1. The molecular weight excluding hydrogens is 514 g/mol. The van der Waals surface area contributed by atoms with Gasteiger partial charge in [0.05, 0.1) is 6.04 Å². The van der Waals surface area contributed by atoms with E-state index in [0.717, 1.165) is 0 Å². The van der Waals surface area contributed by atoms with Crippen LogP contribution in [0.25, 0.3) is 0 Å². The minimum atomic E-state index is -2.83. The number of ether oxygens (including phenoxy) is 1. The van der Waals surface area contributed by atoms with Gasteiger partial charge in [-0.2, -0.15) is 0 Å². The second-order valence-electron chi connectivity index (χ2n) is 11.3. The molecule has 224 valence electrons. The highest BCUT2D eigenvalue weighted by Crippen LogP contribution is 2.38. The minimum Gasteiger partial charge on any atom is -0.444 e. The number of carbonyl (C=O) groups excluding carboxylic acids is 5. The van der Waals surface area contributed by atoms with Crippen molar-refractivity contribution in [2.45, 2.75) is 129 Å². The Morgan fingerprint density at radius 1 is 1.03 bits per heavy atom. The molecule has 4 N–H and O–H groups in total. The number of primary amides is 1. The molecule has 0 aromatic carbocycles. The van der Waals surface area contributed by atoms with Crippen LogP contribution >= 0.6 is 0 Å². The van der Waals surface area contributed by atoms with Gasteiger partial charge in [0, 0.05) is 19.4 Å². The molecule has 0 spiro atoms. The van der Waals surface area contributed by atoms with Crippen molar-refractivity contribution in [2.75, 3.05) is 6.54 Å². The van der Waals surface area contributed by atoms with Crippen molar-refractivity contribution in [3.05, 3.63) is 0 Å². The maximum absolute atomic E-state index is 13.8. The van der Waals surface area contributed by atoms with Gasteiger partial charge in [-0.15, -0.1) is 0 Å². The summed E-state index contributed by atoms with van der Waals surface area (Å²) in [5.74, 6) is -6.65. The summed E-state index contributed by atoms with van der Waals surface area (Å²) in [6.45, 7) is 11.2. The van der Waals surface area contributed by atoms with Gasteiger partial charge in [0.15, 0.2) is 0 Å². The van der Waals surface area contributed by atoms with E-state index in [4.69, 9.17) is 10.5 Å². The Balaban J connectivity index is 0.00000242. The van der Waals surface area contributed by atoms with Crippen molar-refractivity contribution in [3.8, 4) is 0 Å². The number of hydrogen-bond donors (Lipinski definition) is 3. The number of ketones is 1. The minimum absolute atomic E-state index is 0.0234. The van der Waals surface area contributed by atoms with Crippen LogP contribution in [0.3, 0.4) is 0 Å². The van der Waals surface area contributed by atoms with Crippen molar-refractivity contribution >= 4 is 29.6 Å². The molecule has 1 saturated carbocycles. The zero-order valence-electron chi connectivity index (χ0n) is 24.1. The van der Waals surface area contributed by atoms with Crippen molar-refractivity contribution in [1.82, 2.24) is 15.5 Å². The van der Waals surface area contributed by atoms with E-state index in [2.05, 4.69) is 24.5 Å². The first-order valence-corrected chi connectivity index (χ1v) is 13.9. The Morgan fingerprint density at radius 3 is 2.08 bits per heavy atom. The topological polar surface area (TPSA) is 148 Å². The number of nitrogens with two attached hydrogens (primary N) is 1.